The molecule has 1 N–H and O–H groups in total. The second-order valence-electron chi connectivity index (χ2n) is 6.49. The highest BCUT2D eigenvalue weighted by atomic mass is 16.7. The first-order valence-corrected chi connectivity index (χ1v) is 8.59. The highest BCUT2D eigenvalue weighted by Gasteiger charge is 2.33. The quantitative estimate of drug-likeness (QED) is 0.839. The average Bonchev–Trinajstić information content (AvgIpc) is 2.94. The number of hydroxylamine groups is 2. The third-order valence-electron chi connectivity index (χ3n) is 4.35. The molecule has 7 nitrogen and oxygen atoms in total. The molecule has 0 aromatic heterocycles. The molecule has 140 valence electrons. The molecule has 1 heterocycles. The Hall–Kier alpha value is -3.35. The predicted molar refractivity (Wildman–Crippen MR) is 102 cm³/mol. The molecule has 1 aliphatic rings. The molecule has 0 bridgehead atoms. The summed E-state index contributed by atoms with van der Waals surface area (Å²) in [6, 6.07) is 13.3. The van der Waals surface area contributed by atoms with E-state index in [9.17, 15) is 14.4 Å². The highest BCUT2D eigenvalue weighted by Crippen LogP contribution is 2.37. The van der Waals surface area contributed by atoms with Crippen molar-refractivity contribution in [2.75, 3.05) is 24.3 Å². The van der Waals surface area contributed by atoms with Gasteiger partial charge in [-0.3, -0.25) is 14.9 Å². The van der Waals surface area contributed by atoms with Gasteiger partial charge in [0.1, 0.15) is 0 Å². The van der Waals surface area contributed by atoms with E-state index in [0.717, 1.165) is 22.4 Å². The van der Waals surface area contributed by atoms with Crippen molar-refractivity contribution < 1.29 is 19.2 Å². The SMILES string of the molecule is Cc1cccc(N(C)C)c1-c1ccccc1NC(=O)ON1C(=O)CCC1=O. The van der Waals surface area contributed by atoms with Crippen LogP contribution in [0.25, 0.3) is 11.1 Å². The zero-order valence-corrected chi connectivity index (χ0v) is 15.5. The van der Waals surface area contributed by atoms with Gasteiger partial charge in [-0.15, -0.1) is 5.06 Å². The van der Waals surface area contributed by atoms with Gasteiger partial charge < -0.3 is 9.74 Å². The van der Waals surface area contributed by atoms with Crippen LogP contribution in [0.2, 0.25) is 0 Å². The largest absolute Gasteiger partial charge is 0.436 e. The lowest BCUT2D eigenvalue weighted by Crippen LogP contribution is -2.34. The van der Waals surface area contributed by atoms with Gasteiger partial charge in [-0.2, -0.15) is 0 Å². The molecule has 1 saturated heterocycles. The fourth-order valence-electron chi connectivity index (χ4n) is 3.06. The van der Waals surface area contributed by atoms with Crippen LogP contribution in [-0.2, 0) is 14.4 Å². The molecule has 0 spiro atoms. The summed E-state index contributed by atoms with van der Waals surface area (Å²) in [5, 5.41) is 3.17. The average molecular weight is 367 g/mol. The first-order valence-electron chi connectivity index (χ1n) is 8.59. The number of anilines is 2. The molecule has 0 saturated carbocycles. The number of carbonyl (C=O) groups is 3. The van der Waals surface area contributed by atoms with Gasteiger partial charge in [0.05, 0.1) is 5.69 Å². The fraction of sp³-hybridized carbons (Fsp3) is 0.250. The number of hydrogen-bond acceptors (Lipinski definition) is 5. The number of rotatable bonds is 4. The summed E-state index contributed by atoms with van der Waals surface area (Å²) >= 11 is 0. The minimum Gasteiger partial charge on any atom is -0.377 e. The van der Waals surface area contributed by atoms with Crippen LogP contribution in [0.15, 0.2) is 42.5 Å². The number of aryl methyl sites for hydroxylation is 1. The zero-order chi connectivity index (χ0) is 19.6. The Bertz CT molecular complexity index is 892. The third-order valence-corrected chi connectivity index (χ3v) is 4.35. The van der Waals surface area contributed by atoms with Crippen molar-refractivity contribution in [2.24, 2.45) is 0 Å². The van der Waals surface area contributed by atoms with Crippen LogP contribution in [0.3, 0.4) is 0 Å². The molecular weight excluding hydrogens is 346 g/mol. The van der Waals surface area contributed by atoms with E-state index in [1.807, 2.05) is 56.3 Å². The first-order chi connectivity index (χ1) is 12.9. The van der Waals surface area contributed by atoms with E-state index in [4.69, 9.17) is 4.84 Å². The van der Waals surface area contributed by atoms with E-state index in [2.05, 4.69) is 5.32 Å². The second kappa shape index (κ2) is 7.49. The van der Waals surface area contributed by atoms with Crippen molar-refractivity contribution in [2.45, 2.75) is 19.8 Å². The Morgan fingerprint density at radius 1 is 1.04 bits per heavy atom. The van der Waals surface area contributed by atoms with E-state index in [-0.39, 0.29) is 12.8 Å². The van der Waals surface area contributed by atoms with Gasteiger partial charge in [0.25, 0.3) is 11.8 Å². The van der Waals surface area contributed by atoms with Crippen molar-refractivity contribution in [3.63, 3.8) is 0 Å². The lowest BCUT2D eigenvalue weighted by molar-refractivity contribution is -0.170. The molecule has 2 aromatic carbocycles. The Labute approximate surface area is 157 Å². The monoisotopic (exact) mass is 367 g/mol. The van der Waals surface area contributed by atoms with Crippen LogP contribution in [0.4, 0.5) is 16.2 Å². The highest BCUT2D eigenvalue weighted by molar-refractivity contribution is 6.02. The van der Waals surface area contributed by atoms with Crippen LogP contribution in [-0.4, -0.2) is 37.1 Å². The Morgan fingerprint density at radius 2 is 1.70 bits per heavy atom. The Balaban J connectivity index is 1.91. The van der Waals surface area contributed by atoms with Gasteiger partial charge in [0.15, 0.2) is 0 Å². The Morgan fingerprint density at radius 3 is 2.37 bits per heavy atom. The number of imide groups is 1. The van der Waals surface area contributed by atoms with Crippen LogP contribution in [0.5, 0.6) is 0 Å². The van der Waals surface area contributed by atoms with Gasteiger partial charge >= 0.3 is 6.09 Å². The fourth-order valence-corrected chi connectivity index (χ4v) is 3.06. The summed E-state index contributed by atoms with van der Waals surface area (Å²) in [6.45, 7) is 2.00. The number of amides is 3. The number of nitrogens with zero attached hydrogens (tertiary/aromatic N) is 2. The summed E-state index contributed by atoms with van der Waals surface area (Å²) in [5.74, 6) is -1.03. The third kappa shape index (κ3) is 3.76. The standard InChI is InChI=1S/C20H21N3O4/c1-13-7-6-10-16(22(2)3)19(13)14-8-4-5-9-15(14)21-20(26)27-23-17(24)11-12-18(23)25/h4-10H,11-12H2,1-3H3,(H,21,26). The molecule has 3 amide bonds. The number of carbonyl (C=O) groups excluding carboxylic acids is 3. The van der Waals surface area contributed by atoms with Crippen LogP contribution in [0.1, 0.15) is 18.4 Å². The maximum atomic E-state index is 12.3. The molecule has 1 aliphatic heterocycles. The molecule has 0 radical (unpaired) electrons. The van der Waals surface area contributed by atoms with Crippen molar-refractivity contribution in [3.8, 4) is 11.1 Å². The maximum Gasteiger partial charge on any atom is 0.436 e. The molecule has 0 aliphatic carbocycles. The molecule has 0 atom stereocenters. The van der Waals surface area contributed by atoms with Gasteiger partial charge in [-0.25, -0.2) is 4.79 Å². The summed E-state index contributed by atoms with van der Waals surface area (Å²) in [5.41, 5.74) is 4.37. The Kier molecular flexibility index (Phi) is 5.12. The topological polar surface area (TPSA) is 79.0 Å². The first kappa shape index (κ1) is 18.4. The normalized spacial score (nSPS) is 13.7. The molecule has 0 unspecified atom stereocenters. The number of benzene rings is 2. The maximum absolute atomic E-state index is 12.3. The number of para-hydroxylation sites is 1. The summed E-state index contributed by atoms with van der Waals surface area (Å²) in [7, 11) is 3.90. The molecule has 2 aromatic rings. The smallest absolute Gasteiger partial charge is 0.377 e. The molecular formula is C20H21N3O4. The molecule has 1 fully saturated rings. The second-order valence-corrected chi connectivity index (χ2v) is 6.49. The zero-order valence-electron chi connectivity index (χ0n) is 15.5. The number of nitrogens with one attached hydrogen (secondary N) is 1. The van der Waals surface area contributed by atoms with Crippen molar-refractivity contribution in [1.82, 2.24) is 5.06 Å². The van der Waals surface area contributed by atoms with E-state index < -0.39 is 17.9 Å². The van der Waals surface area contributed by atoms with Crippen LogP contribution < -0.4 is 10.2 Å². The van der Waals surface area contributed by atoms with Gasteiger partial charge in [0.2, 0.25) is 0 Å². The molecule has 27 heavy (non-hydrogen) atoms. The van der Waals surface area contributed by atoms with Gasteiger partial charge in [-0.05, 0) is 24.6 Å². The molecule has 7 heteroatoms. The van der Waals surface area contributed by atoms with Crippen LogP contribution in [0, 0.1) is 6.92 Å². The van der Waals surface area contributed by atoms with Gasteiger partial charge in [0, 0.05) is 43.8 Å². The van der Waals surface area contributed by atoms with E-state index in [1.54, 1.807) is 12.1 Å². The summed E-state index contributed by atoms with van der Waals surface area (Å²) in [6.07, 6.45) is -0.776. The lowest BCUT2D eigenvalue weighted by Gasteiger charge is -2.21. The lowest BCUT2D eigenvalue weighted by atomic mass is 9.96. The minimum absolute atomic E-state index is 0.0537. The van der Waals surface area contributed by atoms with Crippen molar-refractivity contribution in [3.05, 3.63) is 48.0 Å². The molecule has 3 rings (SSSR count). The minimum atomic E-state index is -0.883. The number of hydrogen-bond donors (Lipinski definition) is 1. The van der Waals surface area contributed by atoms with Gasteiger partial charge in [-0.1, -0.05) is 30.3 Å². The van der Waals surface area contributed by atoms with E-state index in [1.165, 1.54) is 0 Å². The van der Waals surface area contributed by atoms with Crippen molar-refractivity contribution >= 4 is 29.3 Å². The predicted octanol–water partition coefficient (Wildman–Crippen LogP) is 3.34. The van der Waals surface area contributed by atoms with Crippen LogP contribution >= 0.6 is 0 Å². The van der Waals surface area contributed by atoms with Crippen molar-refractivity contribution in [1.29, 1.82) is 0 Å². The summed E-state index contributed by atoms with van der Waals surface area (Å²) in [4.78, 5) is 42.4. The van der Waals surface area contributed by atoms with E-state index >= 15 is 0 Å². The summed E-state index contributed by atoms with van der Waals surface area (Å²) < 4.78 is 0. The van der Waals surface area contributed by atoms with E-state index in [0.29, 0.717) is 10.8 Å².